The molecule has 5 heteroatoms. The molecule has 6 rings (SSSR count). The molecular weight excluding hydrogens is 440 g/mol. The molecular formula is C29H34N2O2S. The number of nitrogens with zero attached hydrogens (tertiary/aromatic N) is 2. The summed E-state index contributed by atoms with van der Waals surface area (Å²) < 4.78 is 32.4. The van der Waals surface area contributed by atoms with Gasteiger partial charge in [0.15, 0.2) is 0 Å². The summed E-state index contributed by atoms with van der Waals surface area (Å²) in [6.07, 6.45) is 5.99. The number of hydrogen-bond donors (Lipinski definition) is 0. The molecule has 2 aromatic carbocycles. The lowest BCUT2D eigenvalue weighted by molar-refractivity contribution is 0.0267. The molecule has 1 aliphatic heterocycles. The van der Waals surface area contributed by atoms with Gasteiger partial charge in [0.2, 0.25) is 10.0 Å². The smallest absolute Gasteiger partial charge is 0.243 e. The van der Waals surface area contributed by atoms with E-state index in [0.717, 1.165) is 23.7 Å². The molecule has 0 N–H and O–H groups in total. The Bertz CT molecular complexity index is 1260. The van der Waals surface area contributed by atoms with Crippen LogP contribution < -0.4 is 0 Å². The number of benzene rings is 2. The molecule has 0 amide bonds. The SMILES string of the molecule is Cc1ccc(S(=O)(=O)N2C[C@@H]3[C@H]4CC[C@H](C4)[C@@H]3[C@@H](C)[C@@H]2c2cccn2Cc2ccccc2)cc1. The van der Waals surface area contributed by atoms with Gasteiger partial charge in [0.25, 0.3) is 0 Å². The molecule has 2 bridgehead atoms. The summed E-state index contributed by atoms with van der Waals surface area (Å²) in [5, 5.41) is 0. The molecule has 0 spiro atoms. The van der Waals surface area contributed by atoms with Gasteiger partial charge in [-0.15, -0.1) is 0 Å². The first-order chi connectivity index (χ1) is 16.4. The van der Waals surface area contributed by atoms with Crippen LogP contribution in [0.5, 0.6) is 0 Å². The van der Waals surface area contributed by atoms with Gasteiger partial charge in [-0.1, -0.05) is 55.0 Å². The molecule has 3 fully saturated rings. The van der Waals surface area contributed by atoms with Crippen molar-refractivity contribution in [2.45, 2.75) is 50.6 Å². The highest BCUT2D eigenvalue weighted by Gasteiger charge is 2.57. The third-order valence-electron chi connectivity index (χ3n) is 8.96. The first kappa shape index (κ1) is 22.1. The Hall–Kier alpha value is -2.37. The number of rotatable bonds is 5. The van der Waals surface area contributed by atoms with E-state index in [1.54, 1.807) is 12.1 Å². The average molecular weight is 475 g/mol. The monoisotopic (exact) mass is 474 g/mol. The number of piperidine rings is 1. The standard InChI is InChI=1S/C29H34N2O2S/c1-20-10-14-25(15-11-20)34(32,33)31-19-26-23-12-13-24(17-23)28(26)21(2)29(31)27-9-6-16-30(27)18-22-7-4-3-5-8-22/h3-11,14-16,21,23-24,26,28-29H,12-13,17-19H2,1-2H3/t21-,23+,24-,26-,28+,29-/m1/s1. The lowest BCUT2D eigenvalue weighted by atomic mass is 9.67. The van der Waals surface area contributed by atoms with Crippen LogP contribution in [0.15, 0.2) is 77.8 Å². The molecule has 2 saturated carbocycles. The van der Waals surface area contributed by atoms with Crippen LogP contribution >= 0.6 is 0 Å². The fourth-order valence-corrected chi connectivity index (χ4v) is 9.19. The van der Waals surface area contributed by atoms with Crippen molar-refractivity contribution in [2.75, 3.05) is 6.54 Å². The topological polar surface area (TPSA) is 42.3 Å². The lowest BCUT2D eigenvalue weighted by Crippen LogP contribution is -2.52. The van der Waals surface area contributed by atoms with E-state index < -0.39 is 10.0 Å². The van der Waals surface area contributed by atoms with Crippen molar-refractivity contribution in [2.24, 2.45) is 29.6 Å². The van der Waals surface area contributed by atoms with Gasteiger partial charge >= 0.3 is 0 Å². The lowest BCUT2D eigenvalue weighted by Gasteiger charge is -2.49. The van der Waals surface area contributed by atoms with Crippen molar-refractivity contribution >= 4 is 10.0 Å². The van der Waals surface area contributed by atoms with Gasteiger partial charge in [0, 0.05) is 25.0 Å². The zero-order valence-electron chi connectivity index (χ0n) is 20.0. The summed E-state index contributed by atoms with van der Waals surface area (Å²) >= 11 is 0. The Labute approximate surface area is 203 Å². The van der Waals surface area contributed by atoms with Gasteiger partial charge in [0.1, 0.15) is 0 Å². The minimum Gasteiger partial charge on any atom is -0.346 e. The Kier molecular flexibility index (Phi) is 5.45. The summed E-state index contributed by atoms with van der Waals surface area (Å²) in [5.74, 6) is 2.84. The second kappa shape index (κ2) is 8.39. The molecule has 4 nitrogen and oxygen atoms in total. The molecule has 0 unspecified atom stereocenters. The number of aromatic nitrogens is 1. The van der Waals surface area contributed by atoms with Gasteiger partial charge in [0.05, 0.1) is 10.9 Å². The van der Waals surface area contributed by atoms with Gasteiger partial charge in [-0.05, 0) is 85.6 Å². The van der Waals surface area contributed by atoms with Gasteiger partial charge in [-0.3, -0.25) is 0 Å². The molecule has 6 atom stereocenters. The summed E-state index contributed by atoms with van der Waals surface area (Å²) in [6.45, 7) is 5.72. The first-order valence-electron chi connectivity index (χ1n) is 12.7. The highest BCUT2D eigenvalue weighted by molar-refractivity contribution is 7.89. The second-order valence-electron chi connectivity index (χ2n) is 10.8. The van der Waals surface area contributed by atoms with E-state index in [-0.39, 0.29) is 6.04 Å². The predicted octanol–water partition coefficient (Wildman–Crippen LogP) is 5.89. The molecule has 1 saturated heterocycles. The van der Waals surface area contributed by atoms with Gasteiger partial charge < -0.3 is 4.57 Å². The Morgan fingerprint density at radius 1 is 0.912 bits per heavy atom. The molecule has 0 radical (unpaired) electrons. The number of aryl methyl sites for hydroxylation is 1. The molecule has 3 aliphatic rings. The van der Waals surface area contributed by atoms with E-state index in [9.17, 15) is 8.42 Å². The maximum atomic E-state index is 14.1. The summed E-state index contributed by atoms with van der Waals surface area (Å²) in [5.41, 5.74) is 3.43. The van der Waals surface area contributed by atoms with Crippen LogP contribution in [0.2, 0.25) is 0 Å². The van der Waals surface area contributed by atoms with Crippen LogP contribution in [-0.4, -0.2) is 23.8 Å². The number of fused-ring (bicyclic) bond motifs is 5. The molecule has 1 aromatic heterocycles. The van der Waals surface area contributed by atoms with Crippen molar-refractivity contribution in [1.82, 2.24) is 8.87 Å². The van der Waals surface area contributed by atoms with Gasteiger partial charge in [-0.25, -0.2) is 8.42 Å². The van der Waals surface area contributed by atoms with Crippen molar-refractivity contribution < 1.29 is 8.42 Å². The Morgan fingerprint density at radius 3 is 2.41 bits per heavy atom. The molecule has 2 aliphatic carbocycles. The van der Waals surface area contributed by atoms with Crippen LogP contribution in [0.3, 0.4) is 0 Å². The van der Waals surface area contributed by atoms with E-state index in [0.29, 0.717) is 35.1 Å². The summed E-state index contributed by atoms with van der Waals surface area (Å²) in [7, 11) is -3.61. The highest BCUT2D eigenvalue weighted by atomic mass is 32.2. The minimum atomic E-state index is -3.61. The van der Waals surface area contributed by atoms with Crippen LogP contribution in [0, 0.1) is 36.5 Å². The van der Waals surface area contributed by atoms with Crippen molar-refractivity contribution in [3.05, 3.63) is 89.7 Å². The van der Waals surface area contributed by atoms with E-state index >= 15 is 0 Å². The molecule has 34 heavy (non-hydrogen) atoms. The second-order valence-corrected chi connectivity index (χ2v) is 12.7. The van der Waals surface area contributed by atoms with E-state index in [2.05, 4.69) is 54.1 Å². The third-order valence-corrected chi connectivity index (χ3v) is 10.8. The Balaban J connectivity index is 1.43. The fraction of sp³-hybridized carbons (Fsp3) is 0.448. The first-order valence-corrected chi connectivity index (χ1v) is 14.1. The maximum Gasteiger partial charge on any atom is 0.243 e. The summed E-state index contributed by atoms with van der Waals surface area (Å²) in [6, 6.07) is 21.9. The van der Waals surface area contributed by atoms with Crippen molar-refractivity contribution in [3.8, 4) is 0 Å². The Morgan fingerprint density at radius 2 is 1.65 bits per heavy atom. The van der Waals surface area contributed by atoms with Crippen molar-refractivity contribution in [3.63, 3.8) is 0 Å². The zero-order chi connectivity index (χ0) is 23.4. The zero-order valence-corrected chi connectivity index (χ0v) is 20.9. The maximum absolute atomic E-state index is 14.1. The number of hydrogen-bond acceptors (Lipinski definition) is 2. The number of sulfonamides is 1. The highest BCUT2D eigenvalue weighted by Crippen LogP contribution is 2.60. The summed E-state index contributed by atoms with van der Waals surface area (Å²) in [4.78, 5) is 0.415. The fourth-order valence-electron chi connectivity index (χ4n) is 7.47. The predicted molar refractivity (Wildman–Crippen MR) is 135 cm³/mol. The molecule has 3 aromatic rings. The van der Waals surface area contributed by atoms with Crippen LogP contribution in [-0.2, 0) is 16.6 Å². The quantitative estimate of drug-likeness (QED) is 0.463. The van der Waals surface area contributed by atoms with Crippen molar-refractivity contribution in [1.29, 1.82) is 0 Å². The van der Waals surface area contributed by atoms with Crippen LogP contribution in [0.1, 0.15) is 49.0 Å². The van der Waals surface area contributed by atoms with Crippen LogP contribution in [0.4, 0.5) is 0 Å². The third kappa shape index (κ3) is 3.56. The minimum absolute atomic E-state index is 0.148. The van der Waals surface area contributed by atoms with Gasteiger partial charge in [-0.2, -0.15) is 4.31 Å². The van der Waals surface area contributed by atoms with E-state index in [1.807, 2.05) is 29.4 Å². The van der Waals surface area contributed by atoms with E-state index in [4.69, 9.17) is 0 Å². The molecule has 178 valence electrons. The average Bonchev–Trinajstić information content (AvgIpc) is 3.57. The largest absolute Gasteiger partial charge is 0.346 e. The van der Waals surface area contributed by atoms with Crippen LogP contribution in [0.25, 0.3) is 0 Å². The normalized spacial score (nSPS) is 31.0. The van der Waals surface area contributed by atoms with E-state index in [1.165, 1.54) is 24.8 Å². The molecule has 2 heterocycles.